The van der Waals surface area contributed by atoms with E-state index in [4.69, 9.17) is 0 Å². The summed E-state index contributed by atoms with van der Waals surface area (Å²) in [7, 11) is 1.27. The lowest BCUT2D eigenvalue weighted by molar-refractivity contribution is -0.552. The number of nitrogens with zero attached hydrogens (tertiary/aromatic N) is 3. The molecule has 1 heterocycles. The predicted octanol–water partition coefficient (Wildman–Crippen LogP) is 4.44. The Morgan fingerprint density at radius 2 is 1.77 bits per heavy atom. The van der Waals surface area contributed by atoms with Gasteiger partial charge in [-0.1, -0.05) is 19.1 Å². The number of esters is 1. The molecule has 9 nitrogen and oxygen atoms in total. The molecule has 180 valence electrons. The van der Waals surface area contributed by atoms with Gasteiger partial charge in [0.05, 0.1) is 19.1 Å². The number of ether oxygens (including phenoxy) is 1. The van der Waals surface area contributed by atoms with Crippen molar-refractivity contribution in [2.75, 3.05) is 12.4 Å². The maximum absolute atomic E-state index is 13.2. The minimum atomic E-state index is -1.88. The zero-order chi connectivity index (χ0) is 25.6. The number of nitro groups is 1. The minimum Gasteiger partial charge on any atom is -0.465 e. The first-order valence-corrected chi connectivity index (χ1v) is 11.1. The van der Waals surface area contributed by atoms with Gasteiger partial charge in [-0.25, -0.2) is 4.79 Å². The number of nitrogens with one attached hydrogen (secondary N) is 1. The van der Waals surface area contributed by atoms with E-state index in [1.807, 2.05) is 13.0 Å². The summed E-state index contributed by atoms with van der Waals surface area (Å²) in [6, 6.07) is 18.7. The second-order valence-corrected chi connectivity index (χ2v) is 8.21. The first-order valence-electron chi connectivity index (χ1n) is 11.1. The molecule has 0 aliphatic rings. The van der Waals surface area contributed by atoms with E-state index in [1.54, 1.807) is 41.8 Å². The van der Waals surface area contributed by atoms with Gasteiger partial charge in [0.2, 0.25) is 0 Å². The summed E-state index contributed by atoms with van der Waals surface area (Å²) in [5.41, 5.74) is 1.52. The summed E-state index contributed by atoms with van der Waals surface area (Å²) in [6.07, 6.45) is 0.376. The number of aryl methyl sites for hydroxylation is 1. The van der Waals surface area contributed by atoms with Crippen LogP contribution in [0.4, 0.5) is 5.69 Å². The van der Waals surface area contributed by atoms with E-state index in [1.165, 1.54) is 31.4 Å². The molecule has 0 bridgehead atoms. The first-order chi connectivity index (χ1) is 16.7. The molecule has 0 radical (unpaired) electrons. The van der Waals surface area contributed by atoms with Crippen molar-refractivity contribution in [2.24, 2.45) is 0 Å². The van der Waals surface area contributed by atoms with Crippen molar-refractivity contribution in [1.82, 2.24) is 4.57 Å². The lowest BCUT2D eigenvalue weighted by atomic mass is 9.86. The molecule has 0 saturated heterocycles. The van der Waals surface area contributed by atoms with Gasteiger partial charge in [0.25, 0.3) is 0 Å². The van der Waals surface area contributed by atoms with Crippen LogP contribution in [-0.2, 0) is 16.0 Å². The van der Waals surface area contributed by atoms with E-state index in [-0.39, 0.29) is 12.8 Å². The fraction of sp³-hybridized carbons (Fsp3) is 0.269. The third-order valence-corrected chi connectivity index (χ3v) is 5.88. The van der Waals surface area contributed by atoms with Crippen molar-refractivity contribution in [3.05, 3.63) is 93.3 Å². The molecular weight excluding hydrogens is 448 g/mol. The number of aromatic nitrogens is 1. The van der Waals surface area contributed by atoms with Gasteiger partial charge >= 0.3 is 17.4 Å². The molecule has 3 aromatic rings. The molecule has 0 aliphatic heterocycles. The average Bonchev–Trinajstić information content (AvgIpc) is 3.24. The first kappa shape index (κ1) is 25.2. The summed E-state index contributed by atoms with van der Waals surface area (Å²) < 4.78 is 6.45. The summed E-state index contributed by atoms with van der Waals surface area (Å²) in [5, 5.41) is 24.2. The van der Waals surface area contributed by atoms with Gasteiger partial charge in [0.15, 0.2) is 0 Å². The van der Waals surface area contributed by atoms with E-state index >= 15 is 0 Å². The molecular formula is C26H26N4O5. The molecule has 0 fully saturated rings. The summed E-state index contributed by atoms with van der Waals surface area (Å²) in [5.74, 6) is -1.25. The van der Waals surface area contributed by atoms with Crippen LogP contribution in [0.1, 0.15) is 47.1 Å². The molecule has 0 saturated carbocycles. The Hall–Kier alpha value is -4.45. The number of nitriles is 1. The van der Waals surface area contributed by atoms with Crippen molar-refractivity contribution in [2.45, 2.75) is 38.6 Å². The van der Waals surface area contributed by atoms with E-state index in [9.17, 15) is 25.0 Å². The Labute approximate surface area is 203 Å². The predicted molar refractivity (Wildman–Crippen MR) is 130 cm³/mol. The van der Waals surface area contributed by atoms with E-state index in [0.29, 0.717) is 28.9 Å². The van der Waals surface area contributed by atoms with Gasteiger partial charge < -0.3 is 14.6 Å². The van der Waals surface area contributed by atoms with Crippen LogP contribution >= 0.6 is 0 Å². The average molecular weight is 475 g/mol. The molecule has 1 unspecified atom stereocenters. The molecule has 1 aromatic heterocycles. The standard InChI is InChI=1S/C26H26N4O5/c1-4-15-26(30(33)34,25(32)28-21-10-8-20(9-11-21)24(31)35-3)16-19-6-13-22(14-7-19)29-18(2)5-12-23(29)17-27/h5-14H,4,15-16H2,1-3H3,(H,28,32). The molecule has 35 heavy (non-hydrogen) atoms. The van der Waals surface area contributed by atoms with Gasteiger partial charge in [-0.15, -0.1) is 0 Å². The highest BCUT2D eigenvalue weighted by molar-refractivity contribution is 5.98. The number of hydrogen-bond donors (Lipinski definition) is 1. The van der Waals surface area contributed by atoms with Gasteiger partial charge in [-0.3, -0.25) is 14.9 Å². The number of methoxy groups -OCH3 is 1. The normalized spacial score (nSPS) is 12.3. The molecule has 0 aliphatic carbocycles. The number of carbonyl (C=O) groups excluding carboxylic acids is 2. The maximum Gasteiger partial charge on any atom is 0.337 e. The Bertz CT molecular complexity index is 1270. The van der Waals surface area contributed by atoms with Gasteiger partial charge in [-0.2, -0.15) is 5.26 Å². The number of carbonyl (C=O) groups is 2. The van der Waals surface area contributed by atoms with Crippen LogP contribution in [0.2, 0.25) is 0 Å². The van der Waals surface area contributed by atoms with Crippen LogP contribution in [0, 0.1) is 28.4 Å². The van der Waals surface area contributed by atoms with Gasteiger partial charge in [0, 0.05) is 28.4 Å². The van der Waals surface area contributed by atoms with E-state index < -0.39 is 22.3 Å². The highest BCUT2D eigenvalue weighted by atomic mass is 16.6. The molecule has 3 rings (SSSR count). The van der Waals surface area contributed by atoms with Crippen molar-refractivity contribution in [3.8, 4) is 11.8 Å². The fourth-order valence-electron chi connectivity index (χ4n) is 4.06. The summed E-state index contributed by atoms with van der Waals surface area (Å²) in [4.78, 5) is 36.6. The molecule has 2 aromatic carbocycles. The Kier molecular flexibility index (Phi) is 7.66. The van der Waals surface area contributed by atoms with E-state index in [2.05, 4.69) is 16.1 Å². The Morgan fingerprint density at radius 1 is 1.11 bits per heavy atom. The number of amides is 1. The fourth-order valence-corrected chi connectivity index (χ4v) is 4.06. The van der Waals surface area contributed by atoms with Crippen molar-refractivity contribution in [3.63, 3.8) is 0 Å². The second kappa shape index (κ2) is 10.7. The van der Waals surface area contributed by atoms with Crippen molar-refractivity contribution in [1.29, 1.82) is 5.26 Å². The lowest BCUT2D eigenvalue weighted by Crippen LogP contribution is -2.51. The quantitative estimate of drug-likeness (QED) is 0.277. The molecule has 1 amide bonds. The highest BCUT2D eigenvalue weighted by Crippen LogP contribution is 2.27. The number of anilines is 1. The molecule has 9 heteroatoms. The molecule has 1 atom stereocenters. The molecule has 1 N–H and O–H groups in total. The van der Waals surface area contributed by atoms with Crippen LogP contribution < -0.4 is 5.32 Å². The van der Waals surface area contributed by atoms with Crippen LogP contribution in [0.5, 0.6) is 0 Å². The third-order valence-electron chi connectivity index (χ3n) is 5.88. The van der Waals surface area contributed by atoms with Crippen molar-refractivity contribution >= 4 is 17.6 Å². The van der Waals surface area contributed by atoms with Crippen molar-refractivity contribution < 1.29 is 19.2 Å². The smallest absolute Gasteiger partial charge is 0.337 e. The zero-order valence-electron chi connectivity index (χ0n) is 19.8. The topological polar surface area (TPSA) is 127 Å². The second-order valence-electron chi connectivity index (χ2n) is 8.21. The Balaban J connectivity index is 1.87. The van der Waals surface area contributed by atoms with Crippen LogP contribution in [0.15, 0.2) is 60.7 Å². The summed E-state index contributed by atoms with van der Waals surface area (Å²) in [6.45, 7) is 3.67. The SMILES string of the molecule is CCCC(Cc1ccc(-n2c(C)ccc2C#N)cc1)(C(=O)Nc1ccc(C(=O)OC)cc1)[N+](=O)[O-]. The highest BCUT2D eigenvalue weighted by Gasteiger charge is 2.50. The molecule has 0 spiro atoms. The number of hydrogen-bond acceptors (Lipinski definition) is 6. The summed E-state index contributed by atoms with van der Waals surface area (Å²) >= 11 is 0. The number of benzene rings is 2. The maximum atomic E-state index is 13.2. The third kappa shape index (κ3) is 5.22. The zero-order valence-corrected chi connectivity index (χ0v) is 19.8. The minimum absolute atomic E-state index is 0.0448. The van der Waals surface area contributed by atoms with Gasteiger partial charge in [-0.05, 0) is 67.4 Å². The van der Waals surface area contributed by atoms with Crippen LogP contribution in [0.3, 0.4) is 0 Å². The monoisotopic (exact) mass is 474 g/mol. The van der Waals surface area contributed by atoms with E-state index in [0.717, 1.165) is 11.4 Å². The number of rotatable bonds is 9. The lowest BCUT2D eigenvalue weighted by Gasteiger charge is -2.24. The van der Waals surface area contributed by atoms with Gasteiger partial charge in [0.1, 0.15) is 11.8 Å². The largest absolute Gasteiger partial charge is 0.465 e. The van der Waals surface area contributed by atoms with Crippen LogP contribution in [0.25, 0.3) is 5.69 Å². The Morgan fingerprint density at radius 3 is 2.31 bits per heavy atom. The van der Waals surface area contributed by atoms with Crippen LogP contribution in [-0.4, -0.2) is 34.0 Å².